The summed E-state index contributed by atoms with van der Waals surface area (Å²) in [6.45, 7) is 2.63. The highest BCUT2D eigenvalue weighted by Crippen LogP contribution is 2.25. The molecule has 0 bridgehead atoms. The van der Waals surface area contributed by atoms with E-state index in [4.69, 9.17) is 10.5 Å². The Bertz CT molecular complexity index is 755. The van der Waals surface area contributed by atoms with Gasteiger partial charge in [0, 0.05) is 11.6 Å². The average Bonchev–Trinajstić information content (AvgIpc) is 2.54. The van der Waals surface area contributed by atoms with Crippen molar-refractivity contribution < 1.29 is 4.74 Å². The molecule has 1 unspecified atom stereocenters. The van der Waals surface area contributed by atoms with Crippen molar-refractivity contribution in [3.63, 3.8) is 0 Å². The van der Waals surface area contributed by atoms with Crippen LogP contribution in [-0.4, -0.2) is 11.6 Å². The van der Waals surface area contributed by atoms with E-state index in [2.05, 4.69) is 17.1 Å². The summed E-state index contributed by atoms with van der Waals surface area (Å²) in [5, 5.41) is 1.12. The van der Waals surface area contributed by atoms with Crippen molar-refractivity contribution in [1.82, 2.24) is 4.98 Å². The van der Waals surface area contributed by atoms with Crippen molar-refractivity contribution in [3.8, 4) is 5.75 Å². The third-order valence-electron chi connectivity index (χ3n) is 3.52. The van der Waals surface area contributed by atoms with Crippen LogP contribution in [0, 0.1) is 0 Å². The summed E-state index contributed by atoms with van der Waals surface area (Å²) in [5.74, 6) is 0.851. The number of hydrogen-bond acceptors (Lipinski definition) is 3. The Labute approximate surface area is 124 Å². The van der Waals surface area contributed by atoms with Gasteiger partial charge < -0.3 is 10.5 Å². The van der Waals surface area contributed by atoms with E-state index in [-0.39, 0.29) is 6.04 Å². The van der Waals surface area contributed by atoms with Gasteiger partial charge in [0.05, 0.1) is 18.2 Å². The quantitative estimate of drug-likeness (QED) is 0.792. The number of pyridine rings is 1. The van der Waals surface area contributed by atoms with Gasteiger partial charge in [-0.2, -0.15) is 0 Å². The van der Waals surface area contributed by atoms with Crippen LogP contribution in [0.5, 0.6) is 5.75 Å². The lowest BCUT2D eigenvalue weighted by Crippen LogP contribution is -2.12. The molecule has 21 heavy (non-hydrogen) atoms. The molecule has 1 aromatic heterocycles. The second-order valence-corrected chi connectivity index (χ2v) is 4.94. The molecule has 1 atom stereocenters. The van der Waals surface area contributed by atoms with Gasteiger partial charge in [0.15, 0.2) is 0 Å². The molecule has 0 fully saturated rings. The number of benzene rings is 2. The Morgan fingerprint density at radius 1 is 1.05 bits per heavy atom. The zero-order chi connectivity index (χ0) is 14.7. The summed E-state index contributed by atoms with van der Waals surface area (Å²) in [4.78, 5) is 4.38. The SMILES string of the molecule is CCOc1cccc(C(N)c2ccc3cccnc3c2)c1. The summed E-state index contributed by atoms with van der Waals surface area (Å²) in [6.07, 6.45) is 1.80. The van der Waals surface area contributed by atoms with E-state index in [0.717, 1.165) is 27.8 Å². The van der Waals surface area contributed by atoms with Gasteiger partial charge >= 0.3 is 0 Å². The van der Waals surface area contributed by atoms with Gasteiger partial charge in [-0.3, -0.25) is 4.98 Å². The molecule has 3 rings (SSSR count). The molecule has 0 spiro atoms. The standard InChI is InChI=1S/C18H18N2O/c1-2-21-16-7-3-5-14(11-16)18(19)15-9-8-13-6-4-10-20-17(13)12-15/h3-12,18H,2,19H2,1H3. The Kier molecular flexibility index (Phi) is 3.84. The van der Waals surface area contributed by atoms with Crippen molar-refractivity contribution in [2.75, 3.05) is 6.61 Å². The minimum atomic E-state index is -0.184. The third-order valence-corrected chi connectivity index (χ3v) is 3.52. The van der Waals surface area contributed by atoms with Crippen molar-refractivity contribution in [2.45, 2.75) is 13.0 Å². The number of fused-ring (bicyclic) bond motifs is 1. The molecule has 3 aromatic rings. The van der Waals surface area contributed by atoms with Gasteiger partial charge in [-0.15, -0.1) is 0 Å². The first-order valence-electron chi connectivity index (χ1n) is 7.11. The van der Waals surface area contributed by atoms with Crippen molar-refractivity contribution >= 4 is 10.9 Å². The fourth-order valence-electron chi connectivity index (χ4n) is 2.43. The zero-order valence-corrected chi connectivity index (χ0v) is 12.0. The average molecular weight is 278 g/mol. The predicted octanol–water partition coefficient (Wildman–Crippen LogP) is 3.68. The van der Waals surface area contributed by atoms with Gasteiger partial charge in [0.25, 0.3) is 0 Å². The van der Waals surface area contributed by atoms with E-state index >= 15 is 0 Å². The number of ether oxygens (including phenoxy) is 1. The first-order valence-corrected chi connectivity index (χ1v) is 7.11. The van der Waals surface area contributed by atoms with Gasteiger partial charge in [-0.1, -0.05) is 30.3 Å². The third kappa shape index (κ3) is 2.88. The maximum atomic E-state index is 6.39. The Morgan fingerprint density at radius 2 is 1.90 bits per heavy atom. The van der Waals surface area contributed by atoms with Crippen LogP contribution < -0.4 is 10.5 Å². The van der Waals surface area contributed by atoms with Crippen LogP contribution in [0.2, 0.25) is 0 Å². The summed E-state index contributed by atoms with van der Waals surface area (Å²) in [7, 11) is 0. The first kappa shape index (κ1) is 13.6. The summed E-state index contributed by atoms with van der Waals surface area (Å²) in [6, 6.07) is 17.9. The molecule has 2 N–H and O–H groups in total. The number of nitrogens with two attached hydrogens (primary N) is 1. The highest BCUT2D eigenvalue weighted by Gasteiger charge is 2.10. The summed E-state index contributed by atoms with van der Waals surface area (Å²) < 4.78 is 5.53. The smallest absolute Gasteiger partial charge is 0.119 e. The van der Waals surface area contributed by atoms with E-state index in [0.29, 0.717) is 6.61 Å². The van der Waals surface area contributed by atoms with Crippen molar-refractivity contribution in [3.05, 3.63) is 71.9 Å². The molecular formula is C18H18N2O. The zero-order valence-electron chi connectivity index (χ0n) is 12.0. The first-order chi connectivity index (χ1) is 10.3. The van der Waals surface area contributed by atoms with Crippen LogP contribution in [0.4, 0.5) is 0 Å². The second-order valence-electron chi connectivity index (χ2n) is 4.94. The molecule has 3 heteroatoms. The molecule has 2 aromatic carbocycles. The lowest BCUT2D eigenvalue weighted by Gasteiger charge is -2.14. The molecule has 0 aliphatic rings. The van der Waals surface area contributed by atoms with E-state index in [1.807, 2.05) is 49.4 Å². The van der Waals surface area contributed by atoms with Gasteiger partial charge in [0.1, 0.15) is 5.75 Å². The summed E-state index contributed by atoms with van der Waals surface area (Å²) in [5.41, 5.74) is 9.44. The fourth-order valence-corrected chi connectivity index (χ4v) is 2.43. The monoisotopic (exact) mass is 278 g/mol. The largest absolute Gasteiger partial charge is 0.494 e. The van der Waals surface area contributed by atoms with E-state index in [1.54, 1.807) is 6.20 Å². The predicted molar refractivity (Wildman–Crippen MR) is 85.4 cm³/mol. The molecular weight excluding hydrogens is 260 g/mol. The van der Waals surface area contributed by atoms with Crippen molar-refractivity contribution in [2.24, 2.45) is 5.73 Å². The Hall–Kier alpha value is -2.39. The molecule has 0 amide bonds. The Morgan fingerprint density at radius 3 is 2.76 bits per heavy atom. The molecule has 0 aliphatic carbocycles. The number of hydrogen-bond donors (Lipinski definition) is 1. The van der Waals surface area contributed by atoms with Crippen LogP contribution in [0.1, 0.15) is 24.1 Å². The molecule has 106 valence electrons. The molecule has 0 saturated carbocycles. The molecule has 1 heterocycles. The molecule has 3 nitrogen and oxygen atoms in total. The fraction of sp³-hybridized carbons (Fsp3) is 0.167. The summed E-state index contributed by atoms with van der Waals surface area (Å²) >= 11 is 0. The van der Waals surface area contributed by atoms with Gasteiger partial charge in [0.2, 0.25) is 0 Å². The van der Waals surface area contributed by atoms with Crippen LogP contribution in [-0.2, 0) is 0 Å². The minimum absolute atomic E-state index is 0.184. The maximum Gasteiger partial charge on any atom is 0.119 e. The van der Waals surface area contributed by atoms with E-state index < -0.39 is 0 Å². The number of aromatic nitrogens is 1. The van der Waals surface area contributed by atoms with Gasteiger partial charge in [-0.25, -0.2) is 0 Å². The van der Waals surface area contributed by atoms with E-state index in [1.165, 1.54) is 0 Å². The van der Waals surface area contributed by atoms with Crippen LogP contribution >= 0.6 is 0 Å². The molecule has 0 aliphatic heterocycles. The number of rotatable bonds is 4. The lowest BCUT2D eigenvalue weighted by atomic mass is 9.98. The van der Waals surface area contributed by atoms with Crippen LogP contribution in [0.3, 0.4) is 0 Å². The van der Waals surface area contributed by atoms with Crippen molar-refractivity contribution in [1.29, 1.82) is 0 Å². The lowest BCUT2D eigenvalue weighted by molar-refractivity contribution is 0.340. The van der Waals surface area contributed by atoms with Gasteiger partial charge in [-0.05, 0) is 42.3 Å². The normalized spacial score (nSPS) is 12.3. The molecule has 0 radical (unpaired) electrons. The maximum absolute atomic E-state index is 6.39. The van der Waals surface area contributed by atoms with Crippen LogP contribution in [0.15, 0.2) is 60.8 Å². The van der Waals surface area contributed by atoms with Crippen LogP contribution in [0.25, 0.3) is 10.9 Å². The number of nitrogens with zero attached hydrogens (tertiary/aromatic N) is 1. The molecule has 0 saturated heterocycles. The topological polar surface area (TPSA) is 48.1 Å². The minimum Gasteiger partial charge on any atom is -0.494 e. The second kappa shape index (κ2) is 5.94. The highest BCUT2D eigenvalue weighted by molar-refractivity contribution is 5.79. The Balaban J connectivity index is 1.95. The highest BCUT2D eigenvalue weighted by atomic mass is 16.5. The van der Waals surface area contributed by atoms with E-state index in [9.17, 15) is 0 Å².